The highest BCUT2D eigenvalue weighted by atomic mass is 32.2. The van der Waals surface area contributed by atoms with Gasteiger partial charge in [0.25, 0.3) is 0 Å². The number of nitrogens with one attached hydrogen (secondary N) is 2. The van der Waals surface area contributed by atoms with Gasteiger partial charge in [-0.1, -0.05) is 42.5 Å². The van der Waals surface area contributed by atoms with Crippen LogP contribution in [0.3, 0.4) is 0 Å². The van der Waals surface area contributed by atoms with Crippen LogP contribution in [0.15, 0.2) is 42.5 Å². The Labute approximate surface area is 142 Å². The molecule has 0 unspecified atom stereocenters. The molecule has 1 saturated carbocycles. The molecule has 2 atom stereocenters. The van der Waals surface area contributed by atoms with Crippen LogP contribution < -0.4 is 10.0 Å². The molecular weight excluding hydrogens is 324 g/mol. The minimum Gasteiger partial charge on any atom is -0.356 e. The fourth-order valence-corrected chi connectivity index (χ4v) is 3.61. The third-order valence-electron chi connectivity index (χ3n) is 4.37. The Balaban J connectivity index is 1.52. The van der Waals surface area contributed by atoms with Crippen LogP contribution in [0.1, 0.15) is 24.3 Å². The van der Waals surface area contributed by atoms with E-state index in [9.17, 15) is 13.2 Å². The first-order valence-electron chi connectivity index (χ1n) is 8.16. The molecule has 0 aromatic heterocycles. The van der Waals surface area contributed by atoms with Gasteiger partial charge in [-0.15, -0.1) is 0 Å². The Kier molecular flexibility index (Phi) is 4.87. The van der Waals surface area contributed by atoms with E-state index in [1.165, 1.54) is 16.3 Å². The topological polar surface area (TPSA) is 75.3 Å². The van der Waals surface area contributed by atoms with Crippen molar-refractivity contribution in [2.45, 2.75) is 18.8 Å². The Morgan fingerprint density at radius 2 is 1.88 bits per heavy atom. The molecular formula is C18H22N2O3S. The Hall–Kier alpha value is -1.92. The molecule has 0 saturated heterocycles. The average Bonchev–Trinajstić information content (AvgIpc) is 3.33. The van der Waals surface area contributed by atoms with Crippen LogP contribution in [0, 0.1) is 5.92 Å². The molecule has 0 heterocycles. The summed E-state index contributed by atoms with van der Waals surface area (Å²) in [7, 11) is -3.16. The monoisotopic (exact) mass is 346 g/mol. The maximum Gasteiger partial charge on any atom is 0.223 e. The van der Waals surface area contributed by atoms with E-state index in [1.807, 2.05) is 18.2 Å². The highest BCUT2D eigenvalue weighted by Crippen LogP contribution is 2.49. The van der Waals surface area contributed by atoms with Crippen molar-refractivity contribution in [2.75, 3.05) is 19.3 Å². The summed E-state index contributed by atoms with van der Waals surface area (Å²) in [4.78, 5) is 12.2. The van der Waals surface area contributed by atoms with Crippen molar-refractivity contribution in [3.63, 3.8) is 0 Å². The summed E-state index contributed by atoms with van der Waals surface area (Å²) in [5.41, 5.74) is 1.24. The molecule has 2 aromatic carbocycles. The predicted octanol–water partition coefficient (Wildman–Crippen LogP) is 2.00. The third-order valence-corrected chi connectivity index (χ3v) is 5.10. The molecule has 0 radical (unpaired) electrons. The van der Waals surface area contributed by atoms with Gasteiger partial charge >= 0.3 is 0 Å². The van der Waals surface area contributed by atoms with Crippen LogP contribution >= 0.6 is 0 Å². The minimum atomic E-state index is -3.16. The third kappa shape index (κ3) is 4.13. The Bertz CT molecular complexity index is 843. The molecule has 0 bridgehead atoms. The summed E-state index contributed by atoms with van der Waals surface area (Å²) in [5.74, 6) is 0.371. The van der Waals surface area contributed by atoms with Crippen molar-refractivity contribution in [3.05, 3.63) is 48.0 Å². The van der Waals surface area contributed by atoms with Crippen molar-refractivity contribution < 1.29 is 13.2 Å². The van der Waals surface area contributed by atoms with E-state index in [0.717, 1.165) is 12.7 Å². The molecule has 5 nitrogen and oxygen atoms in total. The van der Waals surface area contributed by atoms with Gasteiger partial charge in [-0.3, -0.25) is 4.79 Å². The lowest BCUT2D eigenvalue weighted by Gasteiger charge is -2.07. The summed E-state index contributed by atoms with van der Waals surface area (Å²) < 4.78 is 24.3. The first-order chi connectivity index (χ1) is 11.5. The number of hydrogen-bond donors (Lipinski definition) is 2. The van der Waals surface area contributed by atoms with Crippen molar-refractivity contribution >= 4 is 26.7 Å². The second kappa shape index (κ2) is 6.91. The number of amides is 1. The molecule has 1 amide bonds. The number of benzene rings is 2. The number of hydrogen-bond acceptors (Lipinski definition) is 3. The molecule has 128 valence electrons. The lowest BCUT2D eigenvalue weighted by molar-refractivity contribution is -0.122. The quantitative estimate of drug-likeness (QED) is 0.753. The van der Waals surface area contributed by atoms with Gasteiger partial charge in [0.1, 0.15) is 0 Å². The zero-order valence-corrected chi connectivity index (χ0v) is 14.5. The lowest BCUT2D eigenvalue weighted by atomic mass is 10.00. The summed E-state index contributed by atoms with van der Waals surface area (Å²) in [6, 6.07) is 14.5. The highest BCUT2D eigenvalue weighted by molar-refractivity contribution is 7.88. The number of fused-ring (bicyclic) bond motifs is 1. The van der Waals surface area contributed by atoms with Gasteiger partial charge in [0.2, 0.25) is 15.9 Å². The molecule has 0 aliphatic heterocycles. The van der Waals surface area contributed by atoms with Crippen molar-refractivity contribution in [3.8, 4) is 0 Å². The Morgan fingerprint density at radius 1 is 1.12 bits per heavy atom. The zero-order chi connectivity index (χ0) is 17.2. The largest absolute Gasteiger partial charge is 0.356 e. The maximum atomic E-state index is 12.2. The molecule has 2 aromatic rings. The predicted molar refractivity (Wildman–Crippen MR) is 95.3 cm³/mol. The molecule has 2 N–H and O–H groups in total. The number of rotatable bonds is 7. The van der Waals surface area contributed by atoms with E-state index in [4.69, 9.17) is 0 Å². The van der Waals surface area contributed by atoms with Crippen molar-refractivity contribution in [1.29, 1.82) is 0 Å². The summed E-state index contributed by atoms with van der Waals surface area (Å²) in [5, 5.41) is 5.33. The van der Waals surface area contributed by atoms with E-state index in [0.29, 0.717) is 19.5 Å². The molecule has 1 aliphatic rings. The summed E-state index contributed by atoms with van der Waals surface area (Å²) in [6.07, 6.45) is 2.59. The lowest BCUT2D eigenvalue weighted by Crippen LogP contribution is -2.30. The Morgan fingerprint density at radius 3 is 2.67 bits per heavy atom. The van der Waals surface area contributed by atoms with Crippen molar-refractivity contribution in [2.24, 2.45) is 5.92 Å². The van der Waals surface area contributed by atoms with Crippen LogP contribution in [-0.4, -0.2) is 33.7 Å². The van der Waals surface area contributed by atoms with Crippen LogP contribution in [0.2, 0.25) is 0 Å². The van der Waals surface area contributed by atoms with E-state index in [1.54, 1.807) is 0 Å². The fourth-order valence-electron chi connectivity index (χ4n) is 3.09. The van der Waals surface area contributed by atoms with E-state index in [-0.39, 0.29) is 17.7 Å². The fraction of sp³-hybridized carbons (Fsp3) is 0.389. The van der Waals surface area contributed by atoms with Crippen LogP contribution in [0.4, 0.5) is 0 Å². The molecule has 3 rings (SSSR count). The number of sulfonamides is 1. The SMILES string of the molecule is CS(=O)(=O)NCCCNC(=O)[C@@H]1C[C@@H]1c1cccc2ccccc12. The van der Waals surface area contributed by atoms with Crippen molar-refractivity contribution in [1.82, 2.24) is 10.0 Å². The van der Waals surface area contributed by atoms with Gasteiger partial charge < -0.3 is 5.32 Å². The van der Waals surface area contributed by atoms with Gasteiger partial charge in [0, 0.05) is 19.0 Å². The summed E-state index contributed by atoms with van der Waals surface area (Å²) in [6.45, 7) is 0.830. The van der Waals surface area contributed by atoms with Gasteiger partial charge in [-0.25, -0.2) is 13.1 Å². The van der Waals surface area contributed by atoms with Gasteiger partial charge in [0.05, 0.1) is 6.26 Å². The molecule has 1 aliphatic carbocycles. The maximum absolute atomic E-state index is 12.2. The van der Waals surface area contributed by atoms with Gasteiger partial charge in [0.15, 0.2) is 0 Å². The van der Waals surface area contributed by atoms with E-state index in [2.05, 4.69) is 34.3 Å². The first kappa shape index (κ1) is 16.9. The number of carbonyl (C=O) groups excluding carboxylic acids is 1. The number of carbonyl (C=O) groups is 1. The minimum absolute atomic E-state index is 0.0265. The smallest absolute Gasteiger partial charge is 0.223 e. The molecule has 0 spiro atoms. The standard InChI is InChI=1S/C18H22N2O3S/c1-24(22,23)20-11-5-10-19-18(21)17-12-16(17)15-9-4-7-13-6-2-3-8-14(13)15/h2-4,6-9,16-17,20H,5,10-12H2,1H3,(H,19,21)/t16-,17-/m1/s1. The highest BCUT2D eigenvalue weighted by Gasteiger charge is 2.44. The first-order valence-corrected chi connectivity index (χ1v) is 10.0. The molecule has 24 heavy (non-hydrogen) atoms. The summed E-state index contributed by atoms with van der Waals surface area (Å²) >= 11 is 0. The average molecular weight is 346 g/mol. The van der Waals surface area contributed by atoms with E-state index >= 15 is 0 Å². The van der Waals surface area contributed by atoms with Gasteiger partial charge in [-0.2, -0.15) is 0 Å². The normalized spacial score (nSPS) is 20.0. The van der Waals surface area contributed by atoms with Crippen LogP contribution in [-0.2, 0) is 14.8 Å². The second-order valence-corrected chi connectivity index (χ2v) is 8.16. The zero-order valence-electron chi connectivity index (χ0n) is 13.7. The van der Waals surface area contributed by atoms with Crippen LogP contribution in [0.25, 0.3) is 10.8 Å². The second-order valence-electron chi connectivity index (χ2n) is 6.33. The van der Waals surface area contributed by atoms with Crippen LogP contribution in [0.5, 0.6) is 0 Å². The van der Waals surface area contributed by atoms with E-state index < -0.39 is 10.0 Å². The molecule has 1 fully saturated rings. The van der Waals surface area contributed by atoms with Gasteiger partial charge in [-0.05, 0) is 35.1 Å². The molecule has 6 heteroatoms.